The molecule has 0 bridgehead atoms. The van der Waals surface area contributed by atoms with Crippen molar-refractivity contribution in [1.29, 1.82) is 5.41 Å². The summed E-state index contributed by atoms with van der Waals surface area (Å²) in [7, 11) is 3.66. The molecule has 0 fully saturated rings. The maximum absolute atomic E-state index is 7.72. The molecule has 1 rings (SSSR count). The monoisotopic (exact) mass is 219 g/mol. The molecule has 16 heavy (non-hydrogen) atoms. The van der Waals surface area contributed by atoms with Crippen LogP contribution in [0.15, 0.2) is 24.3 Å². The summed E-state index contributed by atoms with van der Waals surface area (Å²) in [6.07, 6.45) is 1.14. The van der Waals surface area contributed by atoms with Crippen molar-refractivity contribution in [2.45, 2.75) is 26.2 Å². The van der Waals surface area contributed by atoms with Gasteiger partial charge in [-0.05, 0) is 30.0 Å². The highest BCUT2D eigenvalue weighted by molar-refractivity contribution is 5.93. The van der Waals surface area contributed by atoms with E-state index in [1.165, 1.54) is 5.56 Å². The molecule has 0 saturated heterocycles. The fourth-order valence-corrected chi connectivity index (χ4v) is 1.57. The van der Waals surface area contributed by atoms with Crippen molar-refractivity contribution >= 4 is 11.6 Å². The third-order valence-electron chi connectivity index (χ3n) is 3.01. The maximum atomic E-state index is 7.72. The second-order valence-electron chi connectivity index (χ2n) is 4.06. The van der Waals surface area contributed by atoms with Gasteiger partial charge in [0.1, 0.15) is 0 Å². The highest BCUT2D eigenvalue weighted by atomic mass is 15.2. The van der Waals surface area contributed by atoms with E-state index >= 15 is 0 Å². The minimum absolute atomic E-state index is 0.404. The van der Waals surface area contributed by atoms with Gasteiger partial charge >= 0.3 is 0 Å². The van der Waals surface area contributed by atoms with Crippen LogP contribution >= 0.6 is 0 Å². The first-order chi connectivity index (χ1) is 7.60. The van der Waals surface area contributed by atoms with Gasteiger partial charge in [0, 0.05) is 19.8 Å². The molecule has 1 aromatic rings. The van der Waals surface area contributed by atoms with Crippen LogP contribution in [0.5, 0.6) is 0 Å². The van der Waals surface area contributed by atoms with Crippen molar-refractivity contribution < 1.29 is 0 Å². The zero-order valence-electron chi connectivity index (χ0n) is 10.5. The van der Waals surface area contributed by atoms with E-state index in [9.17, 15) is 0 Å². The predicted octanol–water partition coefficient (Wildman–Crippen LogP) is 2.79. The first-order valence-electron chi connectivity index (χ1n) is 5.70. The Bertz CT molecular complexity index is 360. The van der Waals surface area contributed by atoms with E-state index in [0.717, 1.165) is 12.1 Å². The van der Waals surface area contributed by atoms with Gasteiger partial charge < -0.3 is 10.2 Å². The van der Waals surface area contributed by atoms with Crippen molar-refractivity contribution in [3.63, 3.8) is 0 Å². The summed E-state index contributed by atoms with van der Waals surface area (Å²) in [5, 5.41) is 10.6. The van der Waals surface area contributed by atoms with Gasteiger partial charge in [-0.15, -0.1) is 0 Å². The molecular formula is C13H21N3. The summed E-state index contributed by atoms with van der Waals surface area (Å²) in [6, 6.07) is 8.38. The van der Waals surface area contributed by atoms with Crippen molar-refractivity contribution in [2.24, 2.45) is 0 Å². The lowest BCUT2D eigenvalue weighted by molar-refractivity contribution is 0.733. The van der Waals surface area contributed by atoms with Crippen LogP contribution in [0.4, 0.5) is 5.69 Å². The van der Waals surface area contributed by atoms with E-state index in [1.54, 1.807) is 7.05 Å². The molecule has 0 amide bonds. The molecule has 3 nitrogen and oxygen atoms in total. The molecule has 88 valence electrons. The molecule has 1 aromatic carbocycles. The number of hydrogen-bond donors (Lipinski definition) is 2. The van der Waals surface area contributed by atoms with Gasteiger partial charge in [0.25, 0.3) is 0 Å². The number of benzene rings is 1. The first kappa shape index (κ1) is 12.6. The summed E-state index contributed by atoms with van der Waals surface area (Å²) in [6.45, 7) is 4.42. The minimum Gasteiger partial charge on any atom is -0.359 e. The Hall–Kier alpha value is -1.51. The van der Waals surface area contributed by atoms with Gasteiger partial charge in [-0.2, -0.15) is 0 Å². The Morgan fingerprint density at radius 2 is 2.19 bits per heavy atom. The van der Waals surface area contributed by atoms with Gasteiger partial charge in [0.2, 0.25) is 0 Å². The highest BCUT2D eigenvalue weighted by Crippen LogP contribution is 2.23. The lowest BCUT2D eigenvalue weighted by Gasteiger charge is -2.21. The fourth-order valence-electron chi connectivity index (χ4n) is 1.57. The van der Waals surface area contributed by atoms with Crippen molar-refractivity contribution in [3.8, 4) is 0 Å². The van der Waals surface area contributed by atoms with Crippen LogP contribution in [0, 0.1) is 5.41 Å². The molecule has 0 aliphatic rings. The van der Waals surface area contributed by atoms with Gasteiger partial charge in [0.15, 0.2) is 5.96 Å². The Balaban J connectivity index is 2.94. The quantitative estimate of drug-likeness (QED) is 0.606. The van der Waals surface area contributed by atoms with E-state index in [-0.39, 0.29) is 0 Å². The zero-order valence-corrected chi connectivity index (χ0v) is 10.5. The molecule has 3 heteroatoms. The number of nitrogens with zero attached hydrogens (tertiary/aromatic N) is 1. The second-order valence-corrected chi connectivity index (χ2v) is 4.06. The van der Waals surface area contributed by atoms with Crippen LogP contribution in [-0.2, 0) is 0 Å². The van der Waals surface area contributed by atoms with Gasteiger partial charge in [-0.3, -0.25) is 5.41 Å². The van der Waals surface area contributed by atoms with Crippen LogP contribution in [0.1, 0.15) is 31.7 Å². The third-order valence-corrected chi connectivity index (χ3v) is 3.01. The lowest BCUT2D eigenvalue weighted by atomic mass is 9.98. The Morgan fingerprint density at radius 1 is 1.50 bits per heavy atom. The van der Waals surface area contributed by atoms with Crippen LogP contribution in [0.2, 0.25) is 0 Å². The normalized spacial score (nSPS) is 12.0. The fraction of sp³-hybridized carbons (Fsp3) is 0.462. The Morgan fingerprint density at radius 3 is 2.75 bits per heavy atom. The van der Waals surface area contributed by atoms with Crippen LogP contribution in [-0.4, -0.2) is 20.1 Å². The highest BCUT2D eigenvalue weighted by Gasteiger charge is 2.08. The molecule has 1 unspecified atom stereocenters. The van der Waals surface area contributed by atoms with Crippen molar-refractivity contribution in [2.75, 3.05) is 19.0 Å². The molecule has 0 heterocycles. The summed E-state index contributed by atoms with van der Waals surface area (Å²) in [4.78, 5) is 1.84. The van der Waals surface area contributed by atoms with Crippen molar-refractivity contribution in [1.82, 2.24) is 5.32 Å². The summed E-state index contributed by atoms with van der Waals surface area (Å²) < 4.78 is 0. The maximum Gasteiger partial charge on any atom is 0.195 e. The van der Waals surface area contributed by atoms with Gasteiger partial charge in [-0.1, -0.05) is 26.0 Å². The molecule has 0 spiro atoms. The molecule has 2 N–H and O–H groups in total. The van der Waals surface area contributed by atoms with Crippen LogP contribution in [0.25, 0.3) is 0 Å². The molecule has 1 atom stereocenters. The van der Waals surface area contributed by atoms with E-state index in [0.29, 0.717) is 11.9 Å². The number of rotatable bonds is 3. The smallest absolute Gasteiger partial charge is 0.195 e. The largest absolute Gasteiger partial charge is 0.359 e. The zero-order chi connectivity index (χ0) is 12.1. The van der Waals surface area contributed by atoms with Crippen molar-refractivity contribution in [3.05, 3.63) is 29.8 Å². The average molecular weight is 219 g/mol. The molecule has 0 aliphatic carbocycles. The number of hydrogen-bond acceptors (Lipinski definition) is 1. The van der Waals surface area contributed by atoms with Crippen LogP contribution < -0.4 is 10.2 Å². The molecule has 0 saturated carbocycles. The number of guanidine groups is 1. The summed E-state index contributed by atoms with van der Waals surface area (Å²) in [5.41, 5.74) is 2.38. The van der Waals surface area contributed by atoms with Gasteiger partial charge in [0.05, 0.1) is 0 Å². The van der Waals surface area contributed by atoms with E-state index in [1.807, 2.05) is 18.0 Å². The standard InChI is InChI=1S/C13H21N3/c1-5-10(2)11-7-6-8-12(9-11)16(4)13(14)15-3/h6-10H,5H2,1-4H3,(H2,14,15). The van der Waals surface area contributed by atoms with E-state index in [2.05, 4.69) is 37.4 Å². The molecule has 0 aromatic heterocycles. The summed E-state index contributed by atoms with van der Waals surface area (Å²) in [5.74, 6) is 0.971. The molecule has 0 radical (unpaired) electrons. The topological polar surface area (TPSA) is 39.1 Å². The second kappa shape index (κ2) is 5.54. The molecular weight excluding hydrogens is 198 g/mol. The first-order valence-corrected chi connectivity index (χ1v) is 5.70. The van der Waals surface area contributed by atoms with E-state index in [4.69, 9.17) is 5.41 Å². The number of nitrogens with one attached hydrogen (secondary N) is 2. The Kier molecular flexibility index (Phi) is 4.35. The lowest BCUT2D eigenvalue weighted by Crippen LogP contribution is -2.35. The molecule has 0 aliphatic heterocycles. The number of anilines is 1. The van der Waals surface area contributed by atoms with Crippen LogP contribution in [0.3, 0.4) is 0 Å². The van der Waals surface area contributed by atoms with E-state index < -0.39 is 0 Å². The average Bonchev–Trinajstić information content (AvgIpc) is 2.36. The minimum atomic E-state index is 0.404. The SMILES string of the molecule is CCC(C)c1cccc(N(C)C(=N)NC)c1. The summed E-state index contributed by atoms with van der Waals surface area (Å²) >= 11 is 0. The third kappa shape index (κ3) is 2.75. The predicted molar refractivity (Wildman–Crippen MR) is 70.3 cm³/mol. The Labute approximate surface area is 98.0 Å². The van der Waals surface area contributed by atoms with Gasteiger partial charge in [-0.25, -0.2) is 0 Å².